The minimum Gasteiger partial charge on any atom is -0.344 e. The Labute approximate surface area is 265 Å². The van der Waals surface area contributed by atoms with Crippen molar-refractivity contribution in [2.75, 3.05) is 26.0 Å². The number of H-pyrrole nitrogens is 1. The van der Waals surface area contributed by atoms with Gasteiger partial charge in [0.2, 0.25) is 17.6 Å². The number of hydroxylamine groups is 2. The van der Waals surface area contributed by atoms with Crippen molar-refractivity contribution in [1.82, 2.24) is 31.0 Å². The third-order valence-electron chi connectivity index (χ3n) is 8.39. The van der Waals surface area contributed by atoms with E-state index in [0.29, 0.717) is 53.5 Å². The SMILES string of the molecule is CON(C)C(=O)c1ccc(F)c(-c2cccc(CC(NC(=O)C3CCC(CN)CC3)C(=O)Nc3ccc(-c4nn[nH]n4)cc3)c2)c1. The molecule has 1 unspecified atom stereocenters. The molecule has 3 amide bonds. The first kappa shape index (κ1) is 32.4. The van der Waals surface area contributed by atoms with Crippen molar-refractivity contribution in [1.29, 1.82) is 0 Å². The minimum atomic E-state index is -0.917. The van der Waals surface area contributed by atoms with Crippen LogP contribution in [0.15, 0.2) is 66.7 Å². The maximum atomic E-state index is 15.0. The number of aromatic amines is 1. The Morgan fingerprint density at radius 1 is 1.04 bits per heavy atom. The van der Waals surface area contributed by atoms with Gasteiger partial charge < -0.3 is 16.4 Å². The van der Waals surface area contributed by atoms with Crippen molar-refractivity contribution >= 4 is 23.4 Å². The molecule has 1 atom stereocenters. The molecule has 0 saturated heterocycles. The quantitative estimate of drug-likeness (QED) is 0.182. The van der Waals surface area contributed by atoms with Crippen molar-refractivity contribution in [3.8, 4) is 22.5 Å². The van der Waals surface area contributed by atoms with Crippen LogP contribution in [0.2, 0.25) is 0 Å². The number of rotatable bonds is 11. The Bertz CT molecular complexity index is 1660. The molecule has 12 nitrogen and oxygen atoms in total. The molecule has 0 aliphatic heterocycles. The molecule has 0 spiro atoms. The zero-order valence-corrected chi connectivity index (χ0v) is 25.7. The van der Waals surface area contributed by atoms with Gasteiger partial charge in [0.15, 0.2) is 0 Å². The fraction of sp³-hybridized carbons (Fsp3) is 0.333. The number of carbonyl (C=O) groups is 3. The highest BCUT2D eigenvalue weighted by molar-refractivity contribution is 5.98. The van der Waals surface area contributed by atoms with Crippen LogP contribution in [-0.2, 0) is 20.8 Å². The molecule has 4 aromatic rings. The van der Waals surface area contributed by atoms with Gasteiger partial charge in [0.05, 0.1) is 7.11 Å². The number of nitrogens with zero attached hydrogens (tertiary/aromatic N) is 4. The number of hydrogen-bond donors (Lipinski definition) is 4. The van der Waals surface area contributed by atoms with Gasteiger partial charge in [-0.05, 0) is 97.0 Å². The van der Waals surface area contributed by atoms with Crippen molar-refractivity contribution in [3.05, 3.63) is 83.7 Å². The van der Waals surface area contributed by atoms with Crippen LogP contribution in [0.1, 0.15) is 41.6 Å². The van der Waals surface area contributed by atoms with E-state index in [1.165, 1.54) is 32.4 Å². The van der Waals surface area contributed by atoms with Gasteiger partial charge in [-0.2, -0.15) is 5.21 Å². The van der Waals surface area contributed by atoms with E-state index >= 15 is 4.39 Å². The van der Waals surface area contributed by atoms with Gasteiger partial charge in [-0.15, -0.1) is 10.2 Å². The maximum Gasteiger partial charge on any atom is 0.277 e. The molecule has 240 valence electrons. The Morgan fingerprint density at radius 2 is 1.80 bits per heavy atom. The van der Waals surface area contributed by atoms with Gasteiger partial charge in [0.1, 0.15) is 11.9 Å². The van der Waals surface area contributed by atoms with E-state index in [0.717, 1.165) is 17.9 Å². The zero-order valence-electron chi connectivity index (χ0n) is 25.7. The molecular formula is C33H37FN8O4. The van der Waals surface area contributed by atoms with E-state index in [-0.39, 0.29) is 29.4 Å². The molecule has 0 bridgehead atoms. The van der Waals surface area contributed by atoms with Gasteiger partial charge in [0, 0.05) is 41.8 Å². The normalized spacial score (nSPS) is 16.8. The Morgan fingerprint density at radius 3 is 2.48 bits per heavy atom. The van der Waals surface area contributed by atoms with Crippen LogP contribution in [0.3, 0.4) is 0 Å². The molecule has 5 N–H and O–H groups in total. The number of amides is 3. The number of anilines is 1. The molecule has 13 heteroatoms. The van der Waals surface area contributed by atoms with E-state index in [1.54, 1.807) is 42.5 Å². The van der Waals surface area contributed by atoms with Crippen LogP contribution in [-0.4, -0.2) is 70.2 Å². The van der Waals surface area contributed by atoms with Crippen molar-refractivity contribution in [2.45, 2.75) is 38.1 Å². The molecule has 0 radical (unpaired) electrons. The summed E-state index contributed by atoms with van der Waals surface area (Å²) in [6.45, 7) is 0.599. The van der Waals surface area contributed by atoms with E-state index < -0.39 is 23.7 Å². The van der Waals surface area contributed by atoms with Crippen molar-refractivity contribution < 1.29 is 23.6 Å². The van der Waals surface area contributed by atoms with Gasteiger partial charge >= 0.3 is 0 Å². The summed E-state index contributed by atoms with van der Waals surface area (Å²) < 4.78 is 15.0. The lowest BCUT2D eigenvalue weighted by atomic mass is 9.81. The highest BCUT2D eigenvalue weighted by Crippen LogP contribution is 2.29. The fourth-order valence-electron chi connectivity index (χ4n) is 5.62. The lowest BCUT2D eigenvalue weighted by Crippen LogP contribution is -2.48. The van der Waals surface area contributed by atoms with E-state index in [1.807, 2.05) is 6.07 Å². The Hall–Kier alpha value is -5.01. The zero-order chi connectivity index (χ0) is 32.6. The summed E-state index contributed by atoms with van der Waals surface area (Å²) in [5.41, 5.74) is 8.77. The molecule has 1 aliphatic rings. The van der Waals surface area contributed by atoms with Crippen LogP contribution in [0.5, 0.6) is 0 Å². The first-order valence-corrected chi connectivity index (χ1v) is 15.1. The van der Waals surface area contributed by atoms with Gasteiger partial charge in [0.25, 0.3) is 5.91 Å². The van der Waals surface area contributed by atoms with Gasteiger partial charge in [-0.3, -0.25) is 19.2 Å². The highest BCUT2D eigenvalue weighted by Gasteiger charge is 2.29. The largest absolute Gasteiger partial charge is 0.344 e. The number of nitrogens with one attached hydrogen (secondary N) is 3. The van der Waals surface area contributed by atoms with Crippen LogP contribution in [0.4, 0.5) is 10.1 Å². The smallest absolute Gasteiger partial charge is 0.277 e. The predicted molar refractivity (Wildman–Crippen MR) is 169 cm³/mol. The number of benzene rings is 3. The maximum absolute atomic E-state index is 15.0. The number of carbonyl (C=O) groups excluding carboxylic acids is 3. The van der Waals surface area contributed by atoms with E-state index in [9.17, 15) is 14.4 Å². The molecule has 1 heterocycles. The van der Waals surface area contributed by atoms with E-state index in [2.05, 4.69) is 31.3 Å². The average Bonchev–Trinajstić information content (AvgIpc) is 3.63. The second-order valence-corrected chi connectivity index (χ2v) is 11.4. The summed E-state index contributed by atoms with van der Waals surface area (Å²) in [7, 11) is 2.84. The summed E-state index contributed by atoms with van der Waals surface area (Å²) in [6.07, 6.45) is 3.31. The lowest BCUT2D eigenvalue weighted by molar-refractivity contribution is -0.130. The van der Waals surface area contributed by atoms with E-state index in [4.69, 9.17) is 10.6 Å². The summed E-state index contributed by atoms with van der Waals surface area (Å²) in [4.78, 5) is 44.7. The number of hydrogen-bond acceptors (Lipinski definition) is 8. The first-order chi connectivity index (χ1) is 22.2. The lowest BCUT2D eigenvalue weighted by Gasteiger charge is -2.28. The topological polar surface area (TPSA) is 168 Å². The molecule has 1 aliphatic carbocycles. The molecular weight excluding hydrogens is 591 g/mol. The van der Waals surface area contributed by atoms with Crippen LogP contribution < -0.4 is 16.4 Å². The molecule has 1 fully saturated rings. The molecule has 5 rings (SSSR count). The van der Waals surface area contributed by atoms with Crippen LogP contribution >= 0.6 is 0 Å². The molecule has 1 saturated carbocycles. The highest BCUT2D eigenvalue weighted by atomic mass is 19.1. The summed E-state index contributed by atoms with van der Waals surface area (Å²) in [5.74, 6) is -0.895. The summed E-state index contributed by atoms with van der Waals surface area (Å²) >= 11 is 0. The van der Waals surface area contributed by atoms with Crippen LogP contribution in [0, 0.1) is 17.7 Å². The summed E-state index contributed by atoms with van der Waals surface area (Å²) in [5, 5.41) is 20.8. The summed E-state index contributed by atoms with van der Waals surface area (Å²) in [6, 6.07) is 17.2. The standard InChI is InChI=1S/C33H37FN8O4/c1-42(46-2)33(45)25-12-15-28(34)27(18-25)24-5-3-4-21(16-24)17-29(37-31(43)23-8-6-20(19-35)7-9-23)32(44)36-26-13-10-22(11-14-26)30-38-40-41-39-30/h3-5,10-16,18,20,23,29H,6-9,17,19,35H2,1-2H3,(H,36,44)(H,37,43)(H,38,39,40,41). The Kier molecular flexibility index (Phi) is 10.5. The first-order valence-electron chi connectivity index (χ1n) is 15.1. The van der Waals surface area contributed by atoms with Crippen molar-refractivity contribution in [2.24, 2.45) is 17.6 Å². The minimum absolute atomic E-state index is 0.150. The molecule has 46 heavy (non-hydrogen) atoms. The molecule has 1 aromatic heterocycles. The number of halogens is 1. The number of nitrogens with two attached hydrogens (primary N) is 1. The third kappa shape index (κ3) is 7.79. The van der Waals surface area contributed by atoms with Gasteiger partial charge in [-0.1, -0.05) is 24.3 Å². The monoisotopic (exact) mass is 628 g/mol. The molecule has 3 aromatic carbocycles. The van der Waals surface area contributed by atoms with Gasteiger partial charge in [-0.25, -0.2) is 9.45 Å². The second kappa shape index (κ2) is 14.8. The number of tetrazole rings is 1. The fourth-order valence-corrected chi connectivity index (χ4v) is 5.62. The van der Waals surface area contributed by atoms with Crippen molar-refractivity contribution in [3.63, 3.8) is 0 Å². The predicted octanol–water partition coefficient (Wildman–Crippen LogP) is 3.74. The average molecular weight is 629 g/mol. The third-order valence-corrected chi connectivity index (χ3v) is 8.39. The Balaban J connectivity index is 1.37. The second-order valence-electron chi connectivity index (χ2n) is 11.4. The number of aromatic nitrogens is 4. The van der Waals surface area contributed by atoms with Crippen LogP contribution in [0.25, 0.3) is 22.5 Å².